The lowest BCUT2D eigenvalue weighted by Crippen LogP contribution is -2.33. The Balaban J connectivity index is 2.58. The number of nitrogens with one attached hydrogen (secondary N) is 1. The largest absolute Gasteiger partial charge is 0.392 e. The van der Waals surface area contributed by atoms with Crippen molar-refractivity contribution in [1.82, 2.24) is 4.72 Å². The van der Waals surface area contributed by atoms with E-state index in [2.05, 4.69) is 25.5 Å². The number of hydrogen-bond donors (Lipinski definition) is 2. The Labute approximate surface area is 126 Å². The van der Waals surface area contributed by atoms with E-state index in [4.69, 9.17) is 5.11 Å². The highest BCUT2D eigenvalue weighted by Gasteiger charge is 2.23. The SMILES string of the molecule is CCCCCC(C)(C)CNS(=O)(=O)c1cc(CO)cs1. The van der Waals surface area contributed by atoms with Crippen molar-refractivity contribution in [2.24, 2.45) is 5.41 Å². The van der Waals surface area contributed by atoms with Gasteiger partial charge >= 0.3 is 0 Å². The van der Waals surface area contributed by atoms with Gasteiger partial charge in [0.2, 0.25) is 10.0 Å². The summed E-state index contributed by atoms with van der Waals surface area (Å²) in [6, 6.07) is 1.52. The lowest BCUT2D eigenvalue weighted by atomic mass is 9.87. The third-order valence-electron chi connectivity index (χ3n) is 3.27. The van der Waals surface area contributed by atoms with Crippen LogP contribution in [0.15, 0.2) is 15.7 Å². The highest BCUT2D eigenvalue weighted by atomic mass is 32.2. The Kier molecular flexibility index (Phi) is 6.64. The van der Waals surface area contributed by atoms with E-state index in [1.54, 1.807) is 5.38 Å². The second-order valence-corrected chi connectivity index (χ2v) is 8.78. The lowest BCUT2D eigenvalue weighted by molar-refractivity contribution is 0.282. The molecular weight excluding hydrogens is 294 g/mol. The predicted molar refractivity (Wildman–Crippen MR) is 83.4 cm³/mol. The van der Waals surface area contributed by atoms with E-state index in [-0.39, 0.29) is 16.2 Å². The van der Waals surface area contributed by atoms with Gasteiger partial charge in [0.15, 0.2) is 0 Å². The van der Waals surface area contributed by atoms with Crippen molar-refractivity contribution in [3.8, 4) is 0 Å². The molecule has 0 aliphatic heterocycles. The number of rotatable bonds is 9. The van der Waals surface area contributed by atoms with E-state index in [0.717, 1.165) is 24.2 Å². The van der Waals surface area contributed by atoms with Gasteiger partial charge < -0.3 is 5.11 Å². The van der Waals surface area contributed by atoms with Gasteiger partial charge in [-0.15, -0.1) is 11.3 Å². The standard InChI is InChI=1S/C14H25NO3S2/c1-4-5-6-7-14(2,3)11-15-20(17,18)13-8-12(9-16)10-19-13/h8,10,15-16H,4-7,9,11H2,1-3H3. The summed E-state index contributed by atoms with van der Waals surface area (Å²) in [5.74, 6) is 0. The van der Waals surface area contributed by atoms with Crippen molar-refractivity contribution >= 4 is 21.4 Å². The van der Waals surface area contributed by atoms with Crippen molar-refractivity contribution in [3.05, 3.63) is 17.0 Å². The van der Waals surface area contributed by atoms with Crippen LogP contribution in [0, 0.1) is 5.41 Å². The van der Waals surface area contributed by atoms with Crippen LogP contribution >= 0.6 is 11.3 Å². The Morgan fingerprint density at radius 2 is 2.05 bits per heavy atom. The van der Waals surface area contributed by atoms with Crippen molar-refractivity contribution in [3.63, 3.8) is 0 Å². The van der Waals surface area contributed by atoms with E-state index < -0.39 is 10.0 Å². The highest BCUT2D eigenvalue weighted by Crippen LogP contribution is 2.25. The van der Waals surface area contributed by atoms with E-state index in [1.807, 2.05) is 0 Å². The molecule has 0 spiro atoms. The van der Waals surface area contributed by atoms with Crippen molar-refractivity contribution in [1.29, 1.82) is 0 Å². The minimum Gasteiger partial charge on any atom is -0.392 e. The summed E-state index contributed by atoms with van der Waals surface area (Å²) in [6.07, 6.45) is 4.48. The van der Waals surface area contributed by atoms with Crippen molar-refractivity contribution in [2.75, 3.05) is 6.54 Å². The topological polar surface area (TPSA) is 66.4 Å². The third kappa shape index (κ3) is 5.52. The Morgan fingerprint density at radius 3 is 2.60 bits per heavy atom. The van der Waals surface area contributed by atoms with Gasteiger partial charge in [0.05, 0.1) is 6.61 Å². The van der Waals surface area contributed by atoms with Crippen LogP contribution in [0.25, 0.3) is 0 Å². The van der Waals surface area contributed by atoms with Crippen LogP contribution in [-0.4, -0.2) is 20.1 Å². The van der Waals surface area contributed by atoms with Crippen LogP contribution in [0.5, 0.6) is 0 Å². The maximum atomic E-state index is 12.2. The molecule has 0 atom stereocenters. The molecule has 0 unspecified atom stereocenters. The first-order valence-electron chi connectivity index (χ1n) is 6.98. The summed E-state index contributed by atoms with van der Waals surface area (Å²) in [7, 11) is -3.46. The average molecular weight is 319 g/mol. The highest BCUT2D eigenvalue weighted by molar-refractivity contribution is 7.91. The summed E-state index contributed by atoms with van der Waals surface area (Å²) >= 11 is 1.14. The Morgan fingerprint density at radius 1 is 1.35 bits per heavy atom. The number of sulfonamides is 1. The summed E-state index contributed by atoms with van der Waals surface area (Å²) in [6.45, 7) is 6.63. The fourth-order valence-electron chi connectivity index (χ4n) is 1.88. The second-order valence-electron chi connectivity index (χ2n) is 5.88. The van der Waals surface area contributed by atoms with Gasteiger partial charge in [0.1, 0.15) is 4.21 Å². The number of unbranched alkanes of at least 4 members (excludes halogenated alkanes) is 2. The van der Waals surface area contributed by atoms with E-state index in [1.165, 1.54) is 18.9 Å². The first-order valence-corrected chi connectivity index (χ1v) is 9.35. The zero-order valence-electron chi connectivity index (χ0n) is 12.5. The zero-order valence-corrected chi connectivity index (χ0v) is 14.1. The molecular formula is C14H25NO3S2. The van der Waals surface area contributed by atoms with Crippen LogP contribution in [0.2, 0.25) is 0 Å². The monoisotopic (exact) mass is 319 g/mol. The number of aliphatic hydroxyl groups excluding tert-OH is 1. The summed E-state index contributed by atoms with van der Waals surface area (Å²) in [4.78, 5) is 0. The minimum atomic E-state index is -3.46. The van der Waals surface area contributed by atoms with Crippen LogP contribution in [0.1, 0.15) is 52.0 Å². The lowest BCUT2D eigenvalue weighted by Gasteiger charge is -2.24. The summed E-state index contributed by atoms with van der Waals surface area (Å²) < 4.78 is 27.3. The minimum absolute atomic E-state index is 0.0424. The van der Waals surface area contributed by atoms with Crippen molar-refractivity contribution in [2.45, 2.75) is 57.3 Å². The fraction of sp³-hybridized carbons (Fsp3) is 0.714. The smallest absolute Gasteiger partial charge is 0.250 e. The first kappa shape index (κ1) is 17.6. The molecule has 2 N–H and O–H groups in total. The molecule has 1 aromatic heterocycles. The van der Waals surface area contributed by atoms with Gasteiger partial charge in [0.25, 0.3) is 0 Å². The molecule has 20 heavy (non-hydrogen) atoms. The summed E-state index contributed by atoms with van der Waals surface area (Å²) in [5.41, 5.74) is 0.594. The van der Waals surface area contributed by atoms with Gasteiger partial charge in [-0.3, -0.25) is 0 Å². The third-order valence-corrected chi connectivity index (χ3v) is 6.16. The molecule has 0 aliphatic rings. The molecule has 0 fully saturated rings. The molecule has 4 nitrogen and oxygen atoms in total. The molecule has 0 saturated carbocycles. The molecule has 0 saturated heterocycles. The molecule has 0 bridgehead atoms. The van der Waals surface area contributed by atoms with Gasteiger partial charge in [0, 0.05) is 6.54 Å². The molecule has 0 amide bonds. The molecule has 1 aromatic rings. The zero-order chi connectivity index (χ0) is 15.2. The predicted octanol–water partition coefficient (Wildman–Crippen LogP) is 3.13. The molecule has 1 rings (SSSR count). The summed E-state index contributed by atoms with van der Waals surface area (Å²) in [5, 5.41) is 10.7. The Bertz CT molecular complexity index is 506. The first-order chi connectivity index (χ1) is 9.30. The fourth-order valence-corrected chi connectivity index (χ4v) is 4.37. The maximum Gasteiger partial charge on any atom is 0.250 e. The number of hydrogen-bond acceptors (Lipinski definition) is 4. The van der Waals surface area contributed by atoms with Crippen LogP contribution in [-0.2, 0) is 16.6 Å². The number of thiophene rings is 1. The van der Waals surface area contributed by atoms with Crippen molar-refractivity contribution < 1.29 is 13.5 Å². The number of aliphatic hydroxyl groups is 1. The van der Waals surface area contributed by atoms with Gasteiger partial charge in [-0.1, -0.05) is 40.0 Å². The van der Waals surface area contributed by atoms with Gasteiger partial charge in [-0.2, -0.15) is 0 Å². The maximum absolute atomic E-state index is 12.2. The van der Waals surface area contributed by atoms with E-state index >= 15 is 0 Å². The molecule has 0 radical (unpaired) electrons. The quantitative estimate of drug-likeness (QED) is 0.687. The van der Waals surface area contributed by atoms with E-state index in [0.29, 0.717) is 12.1 Å². The Hall–Kier alpha value is -0.430. The van der Waals surface area contributed by atoms with Crippen LogP contribution in [0.4, 0.5) is 0 Å². The molecule has 6 heteroatoms. The van der Waals surface area contributed by atoms with Crippen LogP contribution < -0.4 is 4.72 Å². The normalized spacial score (nSPS) is 12.8. The van der Waals surface area contributed by atoms with Gasteiger partial charge in [-0.05, 0) is 28.8 Å². The molecule has 116 valence electrons. The molecule has 1 heterocycles. The second kappa shape index (κ2) is 7.54. The molecule has 0 aromatic carbocycles. The van der Waals surface area contributed by atoms with Gasteiger partial charge in [-0.25, -0.2) is 13.1 Å². The average Bonchev–Trinajstić information content (AvgIpc) is 2.86. The molecule has 0 aliphatic carbocycles. The van der Waals surface area contributed by atoms with E-state index in [9.17, 15) is 8.42 Å². The van der Waals surface area contributed by atoms with Crippen LogP contribution in [0.3, 0.4) is 0 Å².